The highest BCUT2D eigenvalue weighted by Crippen LogP contribution is 2.14. The molecule has 0 aliphatic carbocycles. The van der Waals surface area contributed by atoms with Crippen LogP contribution >= 0.6 is 11.3 Å². The number of carbonyl (C=O) groups excluding carboxylic acids is 3. The van der Waals surface area contributed by atoms with Crippen LogP contribution in [-0.2, 0) is 38.2 Å². The first-order valence-corrected chi connectivity index (χ1v) is 18.3. The third-order valence-corrected chi connectivity index (χ3v) is 9.68. The van der Waals surface area contributed by atoms with Crippen molar-refractivity contribution in [3.05, 3.63) is 124 Å². The molecule has 258 valence electrons. The van der Waals surface area contributed by atoms with Gasteiger partial charge in [0, 0.05) is 24.5 Å². The summed E-state index contributed by atoms with van der Waals surface area (Å²) in [5.74, 6) is -2.11. The summed E-state index contributed by atoms with van der Waals surface area (Å²) < 4.78 is 29.2. The number of guanidine groups is 1. The Balaban J connectivity index is 1.60. The third-order valence-electron chi connectivity index (χ3n) is 7.54. The molecular weight excluding hydrogens is 663 g/mol. The van der Waals surface area contributed by atoms with Crippen LogP contribution < -0.4 is 26.8 Å². The molecule has 3 aromatic carbocycles. The number of aliphatic imine (C=N–C) groups is 1. The van der Waals surface area contributed by atoms with E-state index in [1.54, 1.807) is 60.0 Å². The first kappa shape index (κ1) is 36.9. The summed E-state index contributed by atoms with van der Waals surface area (Å²) in [6, 6.07) is 21.7. The first-order valence-electron chi connectivity index (χ1n) is 15.7. The molecule has 0 aliphatic heterocycles. The number of rotatable bonds is 18. The summed E-state index contributed by atoms with van der Waals surface area (Å²) in [5.41, 5.74) is 13.9. The monoisotopic (exact) mass is 703 g/mol. The van der Waals surface area contributed by atoms with Crippen LogP contribution in [0.3, 0.4) is 0 Å². The number of hydrogen-bond acceptors (Lipinski definition) is 8. The fourth-order valence-corrected chi connectivity index (χ4v) is 7.04. The first-order chi connectivity index (χ1) is 23.5. The Kier molecular flexibility index (Phi) is 13.6. The zero-order chi connectivity index (χ0) is 35.2. The van der Waals surface area contributed by atoms with E-state index in [0.717, 1.165) is 28.0 Å². The van der Waals surface area contributed by atoms with E-state index in [0.29, 0.717) is 12.0 Å². The van der Waals surface area contributed by atoms with Crippen LogP contribution in [0.5, 0.6) is 0 Å². The molecule has 12 nitrogen and oxygen atoms in total. The fourth-order valence-electron chi connectivity index (χ4n) is 5.07. The van der Waals surface area contributed by atoms with Crippen LogP contribution in [0.2, 0.25) is 0 Å². The minimum Gasteiger partial charge on any atom is -0.370 e. The molecule has 49 heavy (non-hydrogen) atoms. The Hall–Kier alpha value is -4.92. The second kappa shape index (κ2) is 18.0. The molecule has 2 amide bonds. The number of hydrogen-bond donors (Lipinski definition) is 5. The predicted octanol–water partition coefficient (Wildman–Crippen LogP) is 2.63. The number of aromatic nitrogens is 1. The molecular formula is C35H41N7O5S2. The summed E-state index contributed by atoms with van der Waals surface area (Å²) in [6.45, 7) is 2.18. The van der Waals surface area contributed by atoms with Crippen LogP contribution in [0.4, 0.5) is 0 Å². The number of nitrogens with one attached hydrogen (secondary N) is 3. The summed E-state index contributed by atoms with van der Waals surface area (Å²) in [5, 5.41) is 7.49. The van der Waals surface area contributed by atoms with Crippen molar-refractivity contribution in [1.82, 2.24) is 20.3 Å². The maximum atomic E-state index is 14.0. The van der Waals surface area contributed by atoms with Gasteiger partial charge in [0.25, 0.3) is 0 Å². The van der Waals surface area contributed by atoms with Gasteiger partial charge in [0.1, 0.15) is 12.1 Å². The maximum absolute atomic E-state index is 14.0. The highest BCUT2D eigenvalue weighted by Gasteiger charge is 2.32. The van der Waals surface area contributed by atoms with Gasteiger partial charge in [-0.15, -0.1) is 11.3 Å². The van der Waals surface area contributed by atoms with Gasteiger partial charge in [0.15, 0.2) is 11.0 Å². The van der Waals surface area contributed by atoms with Crippen LogP contribution in [0.25, 0.3) is 0 Å². The highest BCUT2D eigenvalue weighted by molar-refractivity contribution is 7.88. The Morgan fingerprint density at radius 2 is 1.37 bits per heavy atom. The molecule has 14 heteroatoms. The molecule has 4 rings (SSSR count). The lowest BCUT2D eigenvalue weighted by molar-refractivity contribution is -0.130. The predicted molar refractivity (Wildman–Crippen MR) is 191 cm³/mol. The topological polar surface area (TPSA) is 199 Å². The number of sulfonamides is 1. The van der Waals surface area contributed by atoms with Gasteiger partial charge in [-0.1, -0.05) is 90.5 Å². The Morgan fingerprint density at radius 3 is 1.98 bits per heavy atom. The van der Waals surface area contributed by atoms with E-state index in [-0.39, 0.29) is 48.3 Å². The average Bonchev–Trinajstić information content (AvgIpc) is 3.62. The minimum absolute atomic E-state index is 0.0372. The van der Waals surface area contributed by atoms with Gasteiger partial charge in [-0.2, -0.15) is 0 Å². The summed E-state index contributed by atoms with van der Waals surface area (Å²) >= 11 is 1.15. The molecule has 4 aromatic rings. The van der Waals surface area contributed by atoms with E-state index in [1.165, 1.54) is 6.20 Å². The Morgan fingerprint density at radius 1 is 0.796 bits per heavy atom. The zero-order valence-electron chi connectivity index (χ0n) is 27.1. The Bertz CT molecular complexity index is 1800. The molecule has 0 bridgehead atoms. The number of nitrogens with zero attached hydrogens (tertiary/aromatic N) is 2. The second-order valence-electron chi connectivity index (χ2n) is 11.6. The van der Waals surface area contributed by atoms with Gasteiger partial charge in [-0.3, -0.25) is 19.4 Å². The summed E-state index contributed by atoms with van der Waals surface area (Å²) in [6.07, 6.45) is 2.22. The molecule has 0 unspecified atom stereocenters. The van der Waals surface area contributed by atoms with Crippen molar-refractivity contribution in [3.8, 4) is 0 Å². The average molecular weight is 704 g/mol. The second-order valence-corrected chi connectivity index (χ2v) is 14.2. The van der Waals surface area contributed by atoms with E-state index in [1.807, 2.05) is 37.3 Å². The van der Waals surface area contributed by atoms with E-state index in [4.69, 9.17) is 11.5 Å². The summed E-state index contributed by atoms with van der Waals surface area (Å²) in [4.78, 5) is 49.5. The quantitative estimate of drug-likeness (QED) is 0.0451. The summed E-state index contributed by atoms with van der Waals surface area (Å²) in [7, 11) is -3.98. The zero-order valence-corrected chi connectivity index (χ0v) is 28.8. The molecule has 0 radical (unpaired) electrons. The number of benzene rings is 3. The van der Waals surface area contributed by atoms with E-state index < -0.39 is 40.0 Å². The molecule has 0 saturated heterocycles. The van der Waals surface area contributed by atoms with Crippen LogP contribution in [-0.4, -0.2) is 61.6 Å². The van der Waals surface area contributed by atoms with Crippen molar-refractivity contribution in [3.63, 3.8) is 0 Å². The molecule has 3 atom stereocenters. The number of nitrogens with two attached hydrogens (primary N) is 2. The molecule has 1 aromatic heterocycles. The molecule has 0 aliphatic rings. The van der Waals surface area contributed by atoms with Gasteiger partial charge < -0.3 is 22.1 Å². The lowest BCUT2D eigenvalue weighted by Gasteiger charge is -2.25. The molecule has 7 N–H and O–H groups in total. The van der Waals surface area contributed by atoms with Crippen LogP contribution in [0.15, 0.2) is 101 Å². The Labute approximate surface area is 290 Å². The maximum Gasteiger partial charge on any atom is 0.243 e. The molecule has 0 spiro atoms. The lowest BCUT2D eigenvalue weighted by atomic mass is 10.0. The molecule has 0 fully saturated rings. The molecule has 0 saturated carbocycles. The van der Waals surface area contributed by atoms with Gasteiger partial charge in [0.2, 0.25) is 27.6 Å². The number of ketones is 1. The van der Waals surface area contributed by atoms with Crippen molar-refractivity contribution in [2.75, 3.05) is 6.54 Å². The van der Waals surface area contributed by atoms with Crippen LogP contribution in [0, 0.1) is 6.92 Å². The smallest absolute Gasteiger partial charge is 0.243 e. The van der Waals surface area contributed by atoms with E-state index in [2.05, 4.69) is 25.3 Å². The standard InChI is InChI=1S/C35H41N7O5S2/c1-24-14-16-26(17-15-24)21-29(32(44)40-28(13-8-18-39-35(36)37)31(43)34-38-19-20-48-34)41-33(45)30(22-25-9-4-2-5-10-25)42-49(46,47)23-27-11-6-3-7-12-27/h2-7,9-12,14-17,19-20,28-30,42H,8,13,18,21-23H2,1H3,(H,40,44)(H,41,45)(H4,36,37,39)/t28-,29-,30+/m0/s1. The third kappa shape index (κ3) is 12.2. The molecule has 1 heterocycles. The normalized spacial score (nSPS) is 13.1. The number of carbonyl (C=O) groups is 3. The minimum atomic E-state index is -3.98. The van der Waals surface area contributed by atoms with Crippen molar-refractivity contribution < 1.29 is 22.8 Å². The van der Waals surface area contributed by atoms with E-state index >= 15 is 0 Å². The van der Waals surface area contributed by atoms with Crippen molar-refractivity contribution in [2.24, 2.45) is 16.5 Å². The number of amides is 2. The van der Waals surface area contributed by atoms with Gasteiger partial charge in [-0.25, -0.2) is 18.1 Å². The lowest BCUT2D eigenvalue weighted by Crippen LogP contribution is -2.57. The number of aryl methyl sites for hydroxylation is 1. The van der Waals surface area contributed by atoms with Gasteiger partial charge >= 0.3 is 0 Å². The fraction of sp³-hybridized carbons (Fsp3) is 0.286. The van der Waals surface area contributed by atoms with Crippen molar-refractivity contribution in [2.45, 2.75) is 56.5 Å². The van der Waals surface area contributed by atoms with Gasteiger partial charge in [-0.05, 0) is 42.9 Å². The van der Waals surface area contributed by atoms with Crippen LogP contribution in [0.1, 0.15) is 44.9 Å². The van der Waals surface area contributed by atoms with Crippen molar-refractivity contribution >= 4 is 44.9 Å². The SMILES string of the molecule is Cc1ccc(C[C@H](NC(=O)[C@@H](Cc2ccccc2)NS(=O)(=O)Cc2ccccc2)C(=O)N[C@@H](CCCN=C(N)N)C(=O)c2nccs2)cc1. The van der Waals surface area contributed by atoms with Crippen molar-refractivity contribution in [1.29, 1.82) is 0 Å². The van der Waals surface area contributed by atoms with Gasteiger partial charge in [0.05, 0.1) is 11.8 Å². The number of thiazole rings is 1. The number of Topliss-reactive ketones (excluding diaryl/α,β-unsaturated/α-hetero) is 1. The van der Waals surface area contributed by atoms with E-state index in [9.17, 15) is 22.8 Å². The largest absolute Gasteiger partial charge is 0.370 e. The highest BCUT2D eigenvalue weighted by atomic mass is 32.2.